The first kappa shape index (κ1) is 17.0. The van der Waals surface area contributed by atoms with Gasteiger partial charge in [0, 0.05) is 11.1 Å². The summed E-state index contributed by atoms with van der Waals surface area (Å²) in [6.45, 7) is 3.52. The number of hydrogen-bond donors (Lipinski definition) is 0. The van der Waals surface area contributed by atoms with E-state index in [9.17, 15) is 9.59 Å². The fourth-order valence-corrected chi connectivity index (χ4v) is 5.15. The summed E-state index contributed by atoms with van der Waals surface area (Å²) in [5.74, 6) is 0.360. The number of thioether (sulfide) groups is 1. The summed E-state index contributed by atoms with van der Waals surface area (Å²) in [7, 11) is 0. The molecule has 2 aliphatic rings. The van der Waals surface area contributed by atoms with E-state index in [0.717, 1.165) is 11.1 Å². The van der Waals surface area contributed by atoms with Gasteiger partial charge in [0.2, 0.25) is 0 Å². The van der Waals surface area contributed by atoms with Crippen molar-refractivity contribution in [2.45, 2.75) is 31.1 Å². The summed E-state index contributed by atoms with van der Waals surface area (Å²) in [4.78, 5) is 26.2. The third-order valence-electron chi connectivity index (χ3n) is 4.53. The van der Waals surface area contributed by atoms with Crippen LogP contribution in [0, 0.1) is 0 Å². The average Bonchev–Trinajstić information content (AvgIpc) is 3.12. The molecule has 2 heterocycles. The summed E-state index contributed by atoms with van der Waals surface area (Å²) in [6, 6.07) is 17.4. The number of fused-ring (bicyclic) bond motifs is 3. The molecule has 0 aromatic heterocycles. The van der Waals surface area contributed by atoms with Gasteiger partial charge in [-0.3, -0.25) is 9.69 Å². The van der Waals surface area contributed by atoms with Crippen molar-refractivity contribution in [2.24, 2.45) is 0 Å². The molecule has 2 unspecified atom stereocenters. The van der Waals surface area contributed by atoms with E-state index in [4.69, 9.17) is 9.47 Å². The number of nitrogens with zero attached hydrogens (tertiary/aromatic N) is 1. The Morgan fingerprint density at radius 3 is 2.58 bits per heavy atom. The lowest BCUT2D eigenvalue weighted by molar-refractivity contribution is -0.0386. The van der Waals surface area contributed by atoms with Crippen molar-refractivity contribution in [1.29, 1.82) is 0 Å². The lowest BCUT2D eigenvalue weighted by Crippen LogP contribution is -2.45. The minimum atomic E-state index is -0.752. The standard InChI is InChI=1S/C20H19NO4S/c1-13(2)24-19(23)25-17-12-26-20(14-8-4-3-5-9-14)16-11-7-6-10-15(16)18(22)21(17)20/h3-11,13,17H,12H2,1-2H3. The molecule has 0 spiro atoms. The zero-order valence-electron chi connectivity index (χ0n) is 14.5. The minimum Gasteiger partial charge on any atom is -0.432 e. The maximum atomic E-state index is 13.2. The second kappa shape index (κ2) is 6.36. The predicted octanol–water partition coefficient (Wildman–Crippen LogP) is 3.98. The van der Waals surface area contributed by atoms with Crippen molar-refractivity contribution in [3.05, 3.63) is 71.3 Å². The molecule has 5 nitrogen and oxygen atoms in total. The SMILES string of the molecule is CC(C)OC(=O)OC1CSC2(c3ccccc3)c3ccccc3C(=O)N12. The molecule has 0 radical (unpaired) electrons. The molecule has 134 valence electrons. The van der Waals surface area contributed by atoms with Gasteiger partial charge in [0.25, 0.3) is 5.91 Å². The van der Waals surface area contributed by atoms with Crippen LogP contribution in [-0.2, 0) is 14.3 Å². The van der Waals surface area contributed by atoms with Crippen molar-refractivity contribution in [3.63, 3.8) is 0 Å². The molecule has 0 aliphatic carbocycles. The highest BCUT2D eigenvalue weighted by Crippen LogP contribution is 2.57. The molecule has 0 saturated carbocycles. The molecule has 2 aromatic carbocycles. The van der Waals surface area contributed by atoms with Gasteiger partial charge in [0.05, 0.1) is 11.9 Å². The largest absolute Gasteiger partial charge is 0.510 e. The Labute approximate surface area is 156 Å². The number of carbonyl (C=O) groups excluding carboxylic acids is 2. The Balaban J connectivity index is 1.77. The van der Waals surface area contributed by atoms with Crippen LogP contribution in [0.5, 0.6) is 0 Å². The molecule has 1 fully saturated rings. The van der Waals surface area contributed by atoms with E-state index in [0.29, 0.717) is 11.3 Å². The highest BCUT2D eigenvalue weighted by Gasteiger charge is 2.59. The Bertz CT molecular complexity index is 854. The number of hydrogen-bond acceptors (Lipinski definition) is 5. The second-order valence-electron chi connectivity index (χ2n) is 6.53. The van der Waals surface area contributed by atoms with E-state index in [1.165, 1.54) is 0 Å². The molecule has 26 heavy (non-hydrogen) atoms. The lowest BCUT2D eigenvalue weighted by Gasteiger charge is -2.34. The van der Waals surface area contributed by atoms with Crippen LogP contribution in [0.15, 0.2) is 54.6 Å². The van der Waals surface area contributed by atoms with Crippen LogP contribution in [-0.4, -0.2) is 35.0 Å². The van der Waals surface area contributed by atoms with Gasteiger partial charge in [0.15, 0.2) is 6.23 Å². The first-order valence-corrected chi connectivity index (χ1v) is 9.52. The molecule has 1 amide bonds. The highest BCUT2D eigenvalue weighted by atomic mass is 32.2. The molecule has 2 atom stereocenters. The Kier molecular flexibility index (Phi) is 4.15. The Hall–Kier alpha value is -2.47. The number of benzene rings is 2. The van der Waals surface area contributed by atoms with Crippen molar-refractivity contribution in [1.82, 2.24) is 4.90 Å². The topological polar surface area (TPSA) is 55.8 Å². The fraction of sp³-hybridized carbons (Fsp3) is 0.300. The van der Waals surface area contributed by atoms with Gasteiger partial charge in [-0.2, -0.15) is 0 Å². The van der Waals surface area contributed by atoms with E-state index in [2.05, 4.69) is 0 Å². The van der Waals surface area contributed by atoms with Crippen molar-refractivity contribution in [3.8, 4) is 0 Å². The smallest absolute Gasteiger partial charge is 0.432 e. The monoisotopic (exact) mass is 369 g/mol. The van der Waals surface area contributed by atoms with Crippen LogP contribution in [0.2, 0.25) is 0 Å². The van der Waals surface area contributed by atoms with Crippen molar-refractivity contribution < 1.29 is 19.1 Å². The van der Waals surface area contributed by atoms with Crippen molar-refractivity contribution >= 4 is 23.8 Å². The van der Waals surface area contributed by atoms with E-state index in [1.54, 1.807) is 30.5 Å². The molecule has 0 bridgehead atoms. The van der Waals surface area contributed by atoms with Gasteiger partial charge in [-0.1, -0.05) is 48.5 Å². The number of amides is 1. The fourth-order valence-electron chi connectivity index (χ4n) is 3.57. The molecule has 1 saturated heterocycles. The number of carbonyl (C=O) groups is 2. The zero-order chi connectivity index (χ0) is 18.3. The van der Waals surface area contributed by atoms with E-state index < -0.39 is 17.3 Å². The number of rotatable bonds is 3. The highest BCUT2D eigenvalue weighted by molar-refractivity contribution is 8.00. The van der Waals surface area contributed by atoms with Crippen LogP contribution in [0.3, 0.4) is 0 Å². The molecular weight excluding hydrogens is 350 g/mol. The van der Waals surface area contributed by atoms with E-state index in [1.807, 2.05) is 54.6 Å². The summed E-state index contributed by atoms with van der Waals surface area (Å²) < 4.78 is 10.6. The summed E-state index contributed by atoms with van der Waals surface area (Å²) in [6.07, 6.45) is -1.70. The Morgan fingerprint density at radius 1 is 1.15 bits per heavy atom. The maximum Gasteiger partial charge on any atom is 0.510 e. The van der Waals surface area contributed by atoms with E-state index in [-0.39, 0.29) is 12.0 Å². The van der Waals surface area contributed by atoms with Gasteiger partial charge in [-0.15, -0.1) is 11.8 Å². The maximum absolute atomic E-state index is 13.2. The molecule has 6 heteroatoms. The van der Waals surface area contributed by atoms with Crippen LogP contribution < -0.4 is 0 Å². The predicted molar refractivity (Wildman–Crippen MR) is 98.8 cm³/mol. The molecule has 4 rings (SSSR count). The minimum absolute atomic E-state index is 0.128. The third-order valence-corrected chi connectivity index (χ3v) is 6.05. The Morgan fingerprint density at radius 2 is 1.85 bits per heavy atom. The molecule has 2 aliphatic heterocycles. The average molecular weight is 369 g/mol. The van der Waals surface area contributed by atoms with Gasteiger partial charge in [0.1, 0.15) is 4.87 Å². The third kappa shape index (κ3) is 2.48. The van der Waals surface area contributed by atoms with Gasteiger partial charge in [-0.25, -0.2) is 4.79 Å². The zero-order valence-corrected chi connectivity index (χ0v) is 15.4. The summed E-state index contributed by atoms with van der Waals surface area (Å²) in [5.41, 5.74) is 2.57. The normalized spacial score (nSPS) is 23.7. The molecular formula is C20H19NO4S. The van der Waals surface area contributed by atoms with Gasteiger partial charge in [-0.05, 0) is 25.5 Å². The molecule has 2 aromatic rings. The summed E-state index contributed by atoms with van der Waals surface area (Å²) in [5, 5.41) is 0. The summed E-state index contributed by atoms with van der Waals surface area (Å²) >= 11 is 1.60. The van der Waals surface area contributed by atoms with Crippen LogP contribution in [0.25, 0.3) is 0 Å². The van der Waals surface area contributed by atoms with Crippen LogP contribution in [0.1, 0.15) is 35.3 Å². The van der Waals surface area contributed by atoms with Crippen LogP contribution >= 0.6 is 11.8 Å². The molecule has 0 N–H and O–H groups in total. The first-order valence-electron chi connectivity index (χ1n) is 8.54. The van der Waals surface area contributed by atoms with E-state index >= 15 is 0 Å². The second-order valence-corrected chi connectivity index (χ2v) is 7.74. The van der Waals surface area contributed by atoms with Crippen LogP contribution in [0.4, 0.5) is 4.79 Å². The quantitative estimate of drug-likeness (QED) is 0.766. The number of ether oxygens (including phenoxy) is 2. The van der Waals surface area contributed by atoms with Gasteiger partial charge < -0.3 is 9.47 Å². The lowest BCUT2D eigenvalue weighted by atomic mass is 9.97. The van der Waals surface area contributed by atoms with Crippen molar-refractivity contribution in [2.75, 3.05) is 5.75 Å². The first-order chi connectivity index (χ1) is 12.5. The van der Waals surface area contributed by atoms with Gasteiger partial charge >= 0.3 is 6.16 Å².